The Morgan fingerprint density at radius 1 is 1.42 bits per heavy atom. The summed E-state index contributed by atoms with van der Waals surface area (Å²) in [6.45, 7) is 0. The standard InChI is InChI=1S/C12H11NO5S/c1-17-10-4-2-3-8(13-10)7-19(16)11-6-5-9(18-11)12(14)15/h2-6H,7H2,1H3,(H,14,15). The minimum atomic E-state index is -1.49. The maximum atomic E-state index is 12.0. The van der Waals surface area contributed by atoms with Crippen LogP contribution in [0, 0.1) is 0 Å². The van der Waals surface area contributed by atoms with Crippen LogP contribution in [0.4, 0.5) is 0 Å². The zero-order chi connectivity index (χ0) is 13.8. The van der Waals surface area contributed by atoms with Crippen LogP contribution in [0.5, 0.6) is 5.88 Å². The molecule has 100 valence electrons. The molecule has 0 aliphatic heterocycles. The topological polar surface area (TPSA) is 89.6 Å². The summed E-state index contributed by atoms with van der Waals surface area (Å²) in [5.41, 5.74) is 0.575. The third-order valence-corrected chi connectivity index (χ3v) is 3.51. The molecule has 7 heteroatoms. The number of hydrogen-bond acceptors (Lipinski definition) is 5. The molecule has 19 heavy (non-hydrogen) atoms. The first-order chi connectivity index (χ1) is 9.10. The molecule has 0 amide bonds. The second-order valence-corrected chi connectivity index (χ2v) is 4.97. The minimum absolute atomic E-state index is 0.113. The van der Waals surface area contributed by atoms with E-state index in [9.17, 15) is 9.00 Å². The van der Waals surface area contributed by atoms with E-state index in [0.29, 0.717) is 11.6 Å². The van der Waals surface area contributed by atoms with E-state index in [-0.39, 0.29) is 16.6 Å². The van der Waals surface area contributed by atoms with Crippen molar-refractivity contribution in [1.82, 2.24) is 4.98 Å². The molecule has 0 aliphatic rings. The molecule has 0 aromatic carbocycles. The number of ether oxygens (including phenoxy) is 1. The Hall–Kier alpha value is -2.15. The predicted molar refractivity (Wildman–Crippen MR) is 66.6 cm³/mol. The van der Waals surface area contributed by atoms with E-state index in [1.54, 1.807) is 18.2 Å². The molecule has 6 nitrogen and oxygen atoms in total. The van der Waals surface area contributed by atoms with Crippen molar-refractivity contribution in [3.8, 4) is 5.88 Å². The molecule has 0 radical (unpaired) electrons. The SMILES string of the molecule is COc1cccc(CS(=O)c2ccc(C(=O)O)o2)n1. The van der Waals surface area contributed by atoms with Gasteiger partial charge in [0.05, 0.1) is 29.4 Å². The average molecular weight is 281 g/mol. The fourth-order valence-corrected chi connectivity index (χ4v) is 2.39. The third-order valence-electron chi connectivity index (χ3n) is 2.29. The van der Waals surface area contributed by atoms with Crippen molar-refractivity contribution < 1.29 is 23.3 Å². The number of carboxylic acid groups (broad SMARTS) is 1. The number of furan rings is 1. The summed E-state index contributed by atoms with van der Waals surface area (Å²) in [4.78, 5) is 14.8. The Morgan fingerprint density at radius 3 is 2.84 bits per heavy atom. The van der Waals surface area contributed by atoms with E-state index in [1.807, 2.05) is 0 Å². The van der Waals surface area contributed by atoms with Gasteiger partial charge in [0.1, 0.15) is 0 Å². The van der Waals surface area contributed by atoms with Crippen LogP contribution < -0.4 is 4.74 Å². The van der Waals surface area contributed by atoms with Crippen LogP contribution >= 0.6 is 0 Å². The van der Waals surface area contributed by atoms with Gasteiger partial charge >= 0.3 is 5.97 Å². The van der Waals surface area contributed by atoms with Gasteiger partial charge in [-0.1, -0.05) is 6.07 Å². The highest BCUT2D eigenvalue weighted by molar-refractivity contribution is 7.84. The van der Waals surface area contributed by atoms with Gasteiger partial charge in [-0.25, -0.2) is 9.78 Å². The quantitative estimate of drug-likeness (QED) is 0.897. The number of pyridine rings is 1. The van der Waals surface area contributed by atoms with Crippen molar-refractivity contribution in [3.05, 3.63) is 41.8 Å². The number of nitrogens with zero attached hydrogens (tertiary/aromatic N) is 1. The van der Waals surface area contributed by atoms with Gasteiger partial charge in [-0.3, -0.25) is 4.21 Å². The Balaban J connectivity index is 2.13. The van der Waals surface area contributed by atoms with Gasteiger partial charge in [0, 0.05) is 6.07 Å². The number of methoxy groups -OCH3 is 1. The summed E-state index contributed by atoms with van der Waals surface area (Å²) in [5.74, 6) is -0.867. The number of rotatable bonds is 5. The summed E-state index contributed by atoms with van der Waals surface area (Å²) in [7, 11) is 0.00638. The fourth-order valence-electron chi connectivity index (χ4n) is 1.41. The maximum Gasteiger partial charge on any atom is 0.371 e. The number of aromatic carboxylic acids is 1. The van der Waals surface area contributed by atoms with E-state index in [0.717, 1.165) is 0 Å². The first-order valence-corrected chi connectivity index (χ1v) is 6.63. The number of carboxylic acids is 1. The first kappa shape index (κ1) is 13.3. The van der Waals surface area contributed by atoms with Crippen molar-refractivity contribution in [2.24, 2.45) is 0 Å². The van der Waals surface area contributed by atoms with Gasteiger partial charge in [0.2, 0.25) is 11.6 Å². The molecule has 0 bridgehead atoms. The lowest BCUT2D eigenvalue weighted by Gasteiger charge is -2.02. The van der Waals surface area contributed by atoms with E-state index in [1.165, 1.54) is 19.2 Å². The summed E-state index contributed by atoms with van der Waals surface area (Å²) >= 11 is 0. The van der Waals surface area contributed by atoms with Gasteiger partial charge in [0.15, 0.2) is 5.09 Å². The lowest BCUT2D eigenvalue weighted by Crippen LogP contribution is -1.99. The van der Waals surface area contributed by atoms with Crippen molar-refractivity contribution >= 4 is 16.8 Å². The molecular weight excluding hydrogens is 270 g/mol. The largest absolute Gasteiger partial charge is 0.481 e. The van der Waals surface area contributed by atoms with Crippen molar-refractivity contribution in [2.45, 2.75) is 10.8 Å². The van der Waals surface area contributed by atoms with Gasteiger partial charge in [-0.2, -0.15) is 0 Å². The minimum Gasteiger partial charge on any atom is -0.481 e. The van der Waals surface area contributed by atoms with Crippen LogP contribution in [0.3, 0.4) is 0 Å². The van der Waals surface area contributed by atoms with Crippen LogP contribution in [0.15, 0.2) is 39.8 Å². The summed E-state index contributed by atoms with van der Waals surface area (Å²) in [6, 6.07) is 7.79. The monoisotopic (exact) mass is 281 g/mol. The molecule has 1 N–H and O–H groups in total. The first-order valence-electron chi connectivity index (χ1n) is 5.31. The van der Waals surface area contributed by atoms with Crippen LogP contribution in [0.1, 0.15) is 16.2 Å². The molecule has 0 saturated carbocycles. The molecule has 2 aromatic heterocycles. The maximum absolute atomic E-state index is 12.0. The highest BCUT2D eigenvalue weighted by atomic mass is 32.2. The zero-order valence-electron chi connectivity index (χ0n) is 10.0. The van der Waals surface area contributed by atoms with Gasteiger partial charge in [0.25, 0.3) is 0 Å². The second kappa shape index (κ2) is 5.66. The average Bonchev–Trinajstić information content (AvgIpc) is 2.89. The van der Waals surface area contributed by atoms with E-state index in [2.05, 4.69) is 4.98 Å². The van der Waals surface area contributed by atoms with Crippen LogP contribution in [-0.2, 0) is 16.6 Å². The predicted octanol–water partition coefficient (Wildman–Crippen LogP) is 1.69. The van der Waals surface area contributed by atoms with Crippen molar-refractivity contribution in [2.75, 3.05) is 7.11 Å². The van der Waals surface area contributed by atoms with Gasteiger partial charge in [-0.05, 0) is 18.2 Å². The molecule has 2 rings (SSSR count). The summed E-state index contributed by atoms with van der Waals surface area (Å²) in [5, 5.41) is 8.83. The smallest absolute Gasteiger partial charge is 0.371 e. The molecule has 0 spiro atoms. The van der Waals surface area contributed by atoms with Crippen LogP contribution in [0.2, 0.25) is 0 Å². The lowest BCUT2D eigenvalue weighted by atomic mass is 10.4. The van der Waals surface area contributed by atoms with E-state index in [4.69, 9.17) is 14.3 Å². The summed E-state index contributed by atoms with van der Waals surface area (Å²) < 4.78 is 21.9. The van der Waals surface area contributed by atoms with Crippen molar-refractivity contribution in [3.63, 3.8) is 0 Å². The van der Waals surface area contributed by atoms with Gasteiger partial charge in [-0.15, -0.1) is 0 Å². The van der Waals surface area contributed by atoms with Gasteiger partial charge < -0.3 is 14.3 Å². The fraction of sp³-hybridized carbons (Fsp3) is 0.167. The lowest BCUT2D eigenvalue weighted by molar-refractivity contribution is 0.0656. The third kappa shape index (κ3) is 3.19. The molecule has 1 unspecified atom stereocenters. The Bertz CT molecular complexity index is 622. The van der Waals surface area contributed by atoms with E-state index >= 15 is 0 Å². The molecular formula is C12H11NO5S. The Kier molecular flexibility index (Phi) is 3.96. The number of carbonyl (C=O) groups is 1. The number of hydrogen-bond donors (Lipinski definition) is 1. The highest BCUT2D eigenvalue weighted by Crippen LogP contribution is 2.16. The van der Waals surface area contributed by atoms with Crippen LogP contribution in [0.25, 0.3) is 0 Å². The Labute approximate surface area is 111 Å². The summed E-state index contributed by atoms with van der Waals surface area (Å²) in [6.07, 6.45) is 0. The molecule has 0 fully saturated rings. The van der Waals surface area contributed by atoms with Crippen LogP contribution in [-0.4, -0.2) is 27.4 Å². The molecule has 2 heterocycles. The van der Waals surface area contributed by atoms with Crippen molar-refractivity contribution in [1.29, 1.82) is 0 Å². The Morgan fingerprint density at radius 2 is 2.21 bits per heavy atom. The number of aromatic nitrogens is 1. The zero-order valence-corrected chi connectivity index (χ0v) is 10.8. The molecule has 1 atom stereocenters. The molecule has 0 saturated heterocycles. The molecule has 2 aromatic rings. The molecule has 0 aliphatic carbocycles. The second-order valence-electron chi connectivity index (χ2n) is 3.58. The normalized spacial score (nSPS) is 12.1. The highest BCUT2D eigenvalue weighted by Gasteiger charge is 2.14. The van der Waals surface area contributed by atoms with E-state index < -0.39 is 16.8 Å².